The summed E-state index contributed by atoms with van der Waals surface area (Å²) in [7, 11) is 0. The predicted molar refractivity (Wildman–Crippen MR) is 186 cm³/mol. The van der Waals surface area contributed by atoms with Crippen molar-refractivity contribution in [2.75, 3.05) is 0 Å². The third-order valence-electron chi connectivity index (χ3n) is 8.27. The van der Waals surface area contributed by atoms with E-state index in [1.807, 2.05) is 84.3 Å². The standard InChI is InChI=1S/C40H26F3N5O2/c1-25-7-4-17-44-37(25)26-8-2-10-28(21-26)49-30-13-15-32-33-16-14-31(24-36(33)48(35(32)23-30)39-46-19-6-20-47-39)50-29-11-3-9-27(22-29)38-34(40(41,42)43)12-5-18-45-38/h2-24H,1H3. The van der Waals surface area contributed by atoms with Crippen LogP contribution in [0.2, 0.25) is 0 Å². The first-order valence-corrected chi connectivity index (χ1v) is 15.7. The number of alkyl halides is 3. The number of nitrogens with zero attached hydrogens (tertiary/aromatic N) is 5. The molecule has 0 saturated carbocycles. The van der Waals surface area contributed by atoms with Crippen LogP contribution in [0.15, 0.2) is 140 Å². The van der Waals surface area contributed by atoms with E-state index in [2.05, 4.69) is 19.9 Å². The number of aromatic nitrogens is 5. The summed E-state index contributed by atoms with van der Waals surface area (Å²) >= 11 is 0. The minimum atomic E-state index is -4.55. The first-order chi connectivity index (χ1) is 24.3. The monoisotopic (exact) mass is 665 g/mol. The molecule has 4 aromatic heterocycles. The van der Waals surface area contributed by atoms with Crippen molar-refractivity contribution in [3.63, 3.8) is 0 Å². The lowest BCUT2D eigenvalue weighted by Crippen LogP contribution is -2.08. The normalized spacial score (nSPS) is 11.6. The number of aryl methyl sites for hydroxylation is 1. The Morgan fingerprint density at radius 3 is 1.62 bits per heavy atom. The van der Waals surface area contributed by atoms with Gasteiger partial charge in [-0.15, -0.1) is 0 Å². The Hall–Kier alpha value is -6.55. The Kier molecular flexibility index (Phi) is 7.68. The molecule has 0 radical (unpaired) electrons. The summed E-state index contributed by atoms with van der Waals surface area (Å²) < 4.78 is 55.7. The van der Waals surface area contributed by atoms with E-state index < -0.39 is 11.7 Å². The first-order valence-electron chi connectivity index (χ1n) is 15.7. The molecule has 4 heterocycles. The molecule has 7 nitrogen and oxygen atoms in total. The SMILES string of the molecule is Cc1cccnc1-c1cccc(Oc2ccc3c4ccc(Oc5cccc(-c6ncccc6C(F)(F)F)c5)cc4n(-c4ncccn4)c3c2)c1. The van der Waals surface area contributed by atoms with Gasteiger partial charge in [0.15, 0.2) is 0 Å². The molecule has 0 unspecified atom stereocenters. The van der Waals surface area contributed by atoms with Gasteiger partial charge in [-0.2, -0.15) is 13.2 Å². The molecule has 0 atom stereocenters. The van der Waals surface area contributed by atoms with E-state index in [0.717, 1.165) is 44.7 Å². The number of hydrogen-bond donors (Lipinski definition) is 0. The zero-order chi connectivity index (χ0) is 34.2. The van der Waals surface area contributed by atoms with Gasteiger partial charge >= 0.3 is 6.18 Å². The summed E-state index contributed by atoms with van der Waals surface area (Å²) in [6.45, 7) is 2.02. The maximum atomic E-state index is 13.7. The lowest BCUT2D eigenvalue weighted by atomic mass is 10.1. The summed E-state index contributed by atoms with van der Waals surface area (Å²) in [6, 6.07) is 33.7. The zero-order valence-electron chi connectivity index (χ0n) is 26.5. The molecule has 0 amide bonds. The molecular formula is C40H26F3N5O2. The molecule has 8 aromatic rings. The van der Waals surface area contributed by atoms with Gasteiger partial charge in [0, 0.05) is 58.8 Å². The Morgan fingerprint density at radius 2 is 1.04 bits per heavy atom. The minimum Gasteiger partial charge on any atom is -0.457 e. The zero-order valence-corrected chi connectivity index (χ0v) is 26.5. The van der Waals surface area contributed by atoms with Crippen LogP contribution in [0.25, 0.3) is 50.3 Å². The van der Waals surface area contributed by atoms with Gasteiger partial charge in [-0.1, -0.05) is 30.3 Å². The van der Waals surface area contributed by atoms with E-state index in [-0.39, 0.29) is 11.3 Å². The van der Waals surface area contributed by atoms with Crippen molar-refractivity contribution in [2.24, 2.45) is 0 Å². The van der Waals surface area contributed by atoms with Crippen molar-refractivity contribution < 1.29 is 22.6 Å². The quantitative estimate of drug-likeness (QED) is 0.169. The van der Waals surface area contributed by atoms with E-state index in [0.29, 0.717) is 28.9 Å². The number of ether oxygens (including phenoxy) is 2. The number of fused-ring (bicyclic) bond motifs is 3. The van der Waals surface area contributed by atoms with E-state index >= 15 is 0 Å². The Bertz CT molecular complexity index is 2510. The third-order valence-corrected chi connectivity index (χ3v) is 8.27. The largest absolute Gasteiger partial charge is 0.457 e. The smallest absolute Gasteiger partial charge is 0.418 e. The van der Waals surface area contributed by atoms with Gasteiger partial charge in [0.2, 0.25) is 5.95 Å². The van der Waals surface area contributed by atoms with Gasteiger partial charge in [-0.3, -0.25) is 14.5 Å². The van der Waals surface area contributed by atoms with Crippen molar-refractivity contribution in [1.82, 2.24) is 24.5 Å². The number of halogens is 3. The molecule has 0 aliphatic rings. The second-order valence-corrected chi connectivity index (χ2v) is 11.6. The topological polar surface area (TPSA) is 75.0 Å². The van der Waals surface area contributed by atoms with Gasteiger partial charge in [-0.25, -0.2) is 9.97 Å². The molecule has 0 aliphatic carbocycles. The van der Waals surface area contributed by atoms with Crippen molar-refractivity contribution in [3.8, 4) is 51.5 Å². The van der Waals surface area contributed by atoms with Crippen molar-refractivity contribution in [1.29, 1.82) is 0 Å². The molecule has 0 aliphatic heterocycles. The average molecular weight is 666 g/mol. The average Bonchev–Trinajstić information content (AvgIpc) is 3.45. The maximum Gasteiger partial charge on any atom is 0.418 e. The van der Waals surface area contributed by atoms with Crippen LogP contribution in [0, 0.1) is 6.92 Å². The Balaban J connectivity index is 1.17. The van der Waals surface area contributed by atoms with Crippen LogP contribution in [0.4, 0.5) is 13.2 Å². The van der Waals surface area contributed by atoms with Crippen LogP contribution in [0.5, 0.6) is 23.0 Å². The summed E-state index contributed by atoms with van der Waals surface area (Å²) in [4.78, 5) is 17.6. The minimum absolute atomic E-state index is 0.168. The Labute approximate surface area is 284 Å². The van der Waals surface area contributed by atoms with Crippen LogP contribution in [0.1, 0.15) is 11.1 Å². The fraction of sp³-hybridized carbons (Fsp3) is 0.0500. The molecule has 0 N–H and O–H groups in total. The summed E-state index contributed by atoms with van der Waals surface area (Å²) in [6.07, 6.45) is 1.91. The van der Waals surface area contributed by atoms with Crippen molar-refractivity contribution in [2.45, 2.75) is 13.1 Å². The highest BCUT2D eigenvalue weighted by molar-refractivity contribution is 6.09. The number of rotatable bonds is 7. The number of benzene rings is 4. The van der Waals surface area contributed by atoms with E-state index in [1.54, 1.807) is 48.9 Å². The van der Waals surface area contributed by atoms with Crippen molar-refractivity contribution >= 4 is 21.8 Å². The molecule has 8 rings (SSSR count). The molecule has 0 fully saturated rings. The fourth-order valence-electron chi connectivity index (χ4n) is 6.07. The van der Waals surface area contributed by atoms with E-state index in [1.165, 1.54) is 12.3 Å². The lowest BCUT2D eigenvalue weighted by molar-refractivity contribution is -0.137. The molecular weight excluding hydrogens is 639 g/mol. The van der Waals surface area contributed by atoms with Gasteiger partial charge < -0.3 is 9.47 Å². The highest BCUT2D eigenvalue weighted by atomic mass is 19.4. The van der Waals surface area contributed by atoms with Crippen LogP contribution in [0.3, 0.4) is 0 Å². The third kappa shape index (κ3) is 5.87. The van der Waals surface area contributed by atoms with Gasteiger partial charge in [-0.05, 0) is 85.3 Å². The summed E-state index contributed by atoms with van der Waals surface area (Å²) in [5.41, 5.74) is 3.80. The Morgan fingerprint density at radius 1 is 0.520 bits per heavy atom. The maximum absolute atomic E-state index is 13.7. The molecule has 0 spiro atoms. The second kappa shape index (κ2) is 12.5. The summed E-state index contributed by atoms with van der Waals surface area (Å²) in [5.74, 6) is 2.57. The molecule has 10 heteroatoms. The van der Waals surface area contributed by atoms with Gasteiger partial charge in [0.05, 0.1) is 28.0 Å². The van der Waals surface area contributed by atoms with Crippen LogP contribution < -0.4 is 9.47 Å². The van der Waals surface area contributed by atoms with Crippen LogP contribution in [-0.2, 0) is 6.18 Å². The highest BCUT2D eigenvalue weighted by Gasteiger charge is 2.34. The highest BCUT2D eigenvalue weighted by Crippen LogP contribution is 2.39. The van der Waals surface area contributed by atoms with Crippen molar-refractivity contribution in [3.05, 3.63) is 151 Å². The summed E-state index contributed by atoms with van der Waals surface area (Å²) in [5, 5.41) is 1.87. The second-order valence-electron chi connectivity index (χ2n) is 11.6. The number of hydrogen-bond acceptors (Lipinski definition) is 6. The lowest BCUT2D eigenvalue weighted by Gasteiger charge is -2.13. The van der Waals surface area contributed by atoms with Crippen LogP contribution in [-0.4, -0.2) is 24.5 Å². The fourth-order valence-corrected chi connectivity index (χ4v) is 6.07. The van der Waals surface area contributed by atoms with Gasteiger partial charge in [0.25, 0.3) is 0 Å². The molecule has 50 heavy (non-hydrogen) atoms. The van der Waals surface area contributed by atoms with E-state index in [9.17, 15) is 13.2 Å². The number of pyridine rings is 2. The molecule has 244 valence electrons. The first kappa shape index (κ1) is 30.8. The molecule has 0 bridgehead atoms. The van der Waals surface area contributed by atoms with E-state index in [4.69, 9.17) is 9.47 Å². The van der Waals surface area contributed by atoms with Crippen LogP contribution >= 0.6 is 0 Å². The predicted octanol–water partition coefficient (Wildman–Crippen LogP) is 10.6. The molecule has 0 saturated heterocycles. The molecule has 4 aromatic carbocycles. The van der Waals surface area contributed by atoms with Gasteiger partial charge in [0.1, 0.15) is 23.0 Å².